The Hall–Kier alpha value is -1.82. The first-order valence-corrected chi connectivity index (χ1v) is 7.35. The van der Waals surface area contributed by atoms with Gasteiger partial charge in [0.05, 0.1) is 0 Å². The third kappa shape index (κ3) is 2.31. The predicted octanol–water partition coefficient (Wildman–Crippen LogP) is 5.61. The van der Waals surface area contributed by atoms with Gasteiger partial charge in [0.2, 0.25) is 0 Å². The van der Waals surface area contributed by atoms with E-state index in [2.05, 4.69) is 76.2 Å². The summed E-state index contributed by atoms with van der Waals surface area (Å²) in [6.07, 6.45) is 3.43. The lowest BCUT2D eigenvalue weighted by atomic mass is 9.82. The monoisotopic (exact) mass is 262 g/mol. The van der Waals surface area contributed by atoms with E-state index in [-0.39, 0.29) is 5.41 Å². The van der Waals surface area contributed by atoms with Crippen molar-refractivity contribution in [2.24, 2.45) is 0 Å². The molecule has 0 fully saturated rings. The van der Waals surface area contributed by atoms with Crippen LogP contribution in [0.4, 0.5) is 0 Å². The van der Waals surface area contributed by atoms with Crippen molar-refractivity contribution in [1.29, 1.82) is 0 Å². The van der Waals surface area contributed by atoms with Crippen LogP contribution in [0.25, 0.3) is 17.2 Å². The fourth-order valence-electron chi connectivity index (χ4n) is 2.92. The van der Waals surface area contributed by atoms with Gasteiger partial charge >= 0.3 is 0 Å². The first-order valence-electron chi connectivity index (χ1n) is 7.35. The average molecular weight is 262 g/mol. The van der Waals surface area contributed by atoms with Crippen LogP contribution in [0.1, 0.15) is 44.4 Å². The zero-order chi connectivity index (χ0) is 14.3. The second-order valence-electron chi connectivity index (χ2n) is 6.88. The Morgan fingerprint density at radius 2 is 1.65 bits per heavy atom. The molecule has 0 atom stereocenters. The molecular weight excluding hydrogens is 240 g/mol. The van der Waals surface area contributed by atoms with Crippen molar-refractivity contribution >= 4 is 6.08 Å². The highest BCUT2D eigenvalue weighted by molar-refractivity contribution is 5.78. The van der Waals surface area contributed by atoms with Gasteiger partial charge in [-0.3, -0.25) is 0 Å². The van der Waals surface area contributed by atoms with E-state index < -0.39 is 0 Å². The van der Waals surface area contributed by atoms with E-state index >= 15 is 0 Å². The fraction of sp³-hybridized carbons (Fsp3) is 0.300. The Morgan fingerprint density at radius 1 is 0.950 bits per heavy atom. The van der Waals surface area contributed by atoms with Crippen molar-refractivity contribution in [1.82, 2.24) is 0 Å². The number of allylic oxidation sites excluding steroid dienone is 1. The lowest BCUT2D eigenvalue weighted by Gasteiger charge is -2.22. The summed E-state index contributed by atoms with van der Waals surface area (Å²) in [5.41, 5.74) is 8.70. The summed E-state index contributed by atoms with van der Waals surface area (Å²) in [4.78, 5) is 0. The second-order valence-corrected chi connectivity index (χ2v) is 6.88. The third-order valence-electron chi connectivity index (χ3n) is 4.09. The molecule has 1 aliphatic rings. The second kappa shape index (κ2) is 4.63. The third-order valence-corrected chi connectivity index (χ3v) is 4.09. The zero-order valence-corrected chi connectivity index (χ0v) is 12.8. The summed E-state index contributed by atoms with van der Waals surface area (Å²) in [5.74, 6) is 0. The van der Waals surface area contributed by atoms with Gasteiger partial charge < -0.3 is 0 Å². The molecule has 0 spiro atoms. The van der Waals surface area contributed by atoms with E-state index in [1.54, 1.807) is 0 Å². The lowest BCUT2D eigenvalue weighted by molar-refractivity contribution is 0.590. The van der Waals surface area contributed by atoms with E-state index in [9.17, 15) is 0 Å². The molecule has 0 heteroatoms. The highest BCUT2D eigenvalue weighted by atomic mass is 14.3. The van der Waals surface area contributed by atoms with Crippen LogP contribution < -0.4 is 0 Å². The lowest BCUT2D eigenvalue weighted by Crippen LogP contribution is -2.12. The minimum atomic E-state index is 0.183. The molecule has 0 heterocycles. The van der Waals surface area contributed by atoms with Gasteiger partial charge in [0.25, 0.3) is 0 Å². The summed E-state index contributed by atoms with van der Waals surface area (Å²) >= 11 is 0. The summed E-state index contributed by atoms with van der Waals surface area (Å²) in [5, 5.41) is 0. The van der Waals surface area contributed by atoms with Gasteiger partial charge in [-0.25, -0.2) is 0 Å². The zero-order valence-electron chi connectivity index (χ0n) is 12.8. The smallest absolute Gasteiger partial charge is 0.00544 e. The molecule has 20 heavy (non-hydrogen) atoms. The summed E-state index contributed by atoms with van der Waals surface area (Å²) < 4.78 is 0. The molecule has 0 aliphatic heterocycles. The minimum absolute atomic E-state index is 0.183. The predicted molar refractivity (Wildman–Crippen MR) is 87.9 cm³/mol. The van der Waals surface area contributed by atoms with Crippen molar-refractivity contribution in [2.45, 2.75) is 39.5 Å². The molecule has 0 N–H and O–H groups in total. The number of hydrogen-bond donors (Lipinski definition) is 0. The molecule has 0 saturated carbocycles. The fourth-order valence-corrected chi connectivity index (χ4v) is 2.92. The number of rotatable bonds is 1. The Balaban J connectivity index is 2.23. The standard InChI is InChI=1S/C20H22/c1-14-10-16-12-17(20(2,3)4)13-19(18(16)11-14)15-8-6-5-7-9-15/h5-10,12-13H,11H2,1-4H3. The Morgan fingerprint density at radius 3 is 2.30 bits per heavy atom. The van der Waals surface area contributed by atoms with Crippen LogP contribution in [0, 0.1) is 0 Å². The first-order chi connectivity index (χ1) is 9.45. The van der Waals surface area contributed by atoms with E-state index in [0.29, 0.717) is 0 Å². The van der Waals surface area contributed by atoms with E-state index in [4.69, 9.17) is 0 Å². The molecule has 0 aromatic heterocycles. The molecule has 1 aliphatic carbocycles. The molecule has 0 unspecified atom stereocenters. The van der Waals surface area contributed by atoms with Crippen LogP contribution in [0.5, 0.6) is 0 Å². The van der Waals surface area contributed by atoms with Gasteiger partial charge in [-0.1, -0.05) is 74.9 Å². The van der Waals surface area contributed by atoms with E-state index in [0.717, 1.165) is 6.42 Å². The summed E-state index contributed by atoms with van der Waals surface area (Å²) in [6.45, 7) is 9.09. The topological polar surface area (TPSA) is 0 Å². The van der Waals surface area contributed by atoms with Crippen LogP contribution in [-0.4, -0.2) is 0 Å². The molecule has 0 radical (unpaired) electrons. The maximum atomic E-state index is 2.39. The van der Waals surface area contributed by atoms with Gasteiger partial charge in [-0.05, 0) is 46.6 Å². The van der Waals surface area contributed by atoms with Crippen molar-refractivity contribution in [3.63, 3.8) is 0 Å². The highest BCUT2D eigenvalue weighted by Crippen LogP contribution is 2.37. The Bertz CT molecular complexity index is 667. The van der Waals surface area contributed by atoms with Gasteiger partial charge in [-0.2, -0.15) is 0 Å². The maximum Gasteiger partial charge on any atom is -0.00544 e. The Labute approximate surface area is 122 Å². The van der Waals surface area contributed by atoms with E-state index in [1.165, 1.54) is 33.4 Å². The first kappa shape index (κ1) is 13.2. The largest absolute Gasteiger partial charge is 0.0683 e. The van der Waals surface area contributed by atoms with Gasteiger partial charge in [0, 0.05) is 0 Å². The van der Waals surface area contributed by atoms with Crippen LogP contribution in [0.15, 0.2) is 48.0 Å². The number of fused-ring (bicyclic) bond motifs is 1. The molecule has 0 saturated heterocycles. The number of hydrogen-bond acceptors (Lipinski definition) is 0. The molecule has 3 rings (SSSR count). The van der Waals surface area contributed by atoms with Crippen LogP contribution in [-0.2, 0) is 11.8 Å². The van der Waals surface area contributed by atoms with Crippen LogP contribution in [0.2, 0.25) is 0 Å². The molecule has 0 amide bonds. The quantitative estimate of drug-likeness (QED) is 0.626. The molecule has 0 bridgehead atoms. The minimum Gasteiger partial charge on any atom is -0.0683 e. The molecule has 102 valence electrons. The molecular formula is C20H22. The SMILES string of the molecule is CC1=Cc2cc(C(C)(C)C)cc(-c3ccccc3)c2C1. The van der Waals surface area contributed by atoms with Crippen molar-refractivity contribution in [3.8, 4) is 11.1 Å². The van der Waals surface area contributed by atoms with Crippen molar-refractivity contribution < 1.29 is 0 Å². The van der Waals surface area contributed by atoms with Crippen molar-refractivity contribution in [3.05, 3.63) is 64.7 Å². The molecule has 2 aromatic rings. The number of benzene rings is 2. The molecule has 2 aromatic carbocycles. The average Bonchev–Trinajstić information content (AvgIpc) is 2.77. The summed E-state index contributed by atoms with van der Waals surface area (Å²) in [7, 11) is 0. The highest BCUT2D eigenvalue weighted by Gasteiger charge is 2.21. The summed E-state index contributed by atoms with van der Waals surface area (Å²) in [6, 6.07) is 15.5. The van der Waals surface area contributed by atoms with E-state index in [1.807, 2.05) is 0 Å². The molecule has 0 nitrogen and oxygen atoms in total. The van der Waals surface area contributed by atoms with Gasteiger partial charge in [-0.15, -0.1) is 0 Å². The normalized spacial score (nSPS) is 14.1. The maximum absolute atomic E-state index is 2.39. The van der Waals surface area contributed by atoms with Gasteiger partial charge in [0.1, 0.15) is 0 Å². The van der Waals surface area contributed by atoms with Gasteiger partial charge in [0.15, 0.2) is 0 Å². The van der Waals surface area contributed by atoms with Crippen molar-refractivity contribution in [2.75, 3.05) is 0 Å². The Kier molecular flexibility index (Phi) is 3.05. The van der Waals surface area contributed by atoms with Crippen LogP contribution >= 0.6 is 0 Å². The van der Waals surface area contributed by atoms with Crippen LogP contribution in [0.3, 0.4) is 0 Å².